The number of esters is 1. The zero-order chi connectivity index (χ0) is 18.0. The van der Waals surface area contributed by atoms with E-state index >= 15 is 0 Å². The van der Waals surface area contributed by atoms with E-state index in [9.17, 15) is 14.4 Å². The molecule has 0 atom stereocenters. The lowest BCUT2D eigenvalue weighted by molar-refractivity contribution is -0.143. The highest BCUT2D eigenvalue weighted by Crippen LogP contribution is 2.25. The highest BCUT2D eigenvalue weighted by molar-refractivity contribution is 7.18. The van der Waals surface area contributed by atoms with Gasteiger partial charge in [-0.25, -0.2) is 4.98 Å². The highest BCUT2D eigenvalue weighted by Gasteiger charge is 2.15. The third-order valence-corrected chi connectivity index (χ3v) is 5.03. The van der Waals surface area contributed by atoms with Gasteiger partial charge in [-0.15, -0.1) is 11.3 Å². The van der Waals surface area contributed by atoms with Crippen molar-refractivity contribution >= 4 is 33.3 Å². The lowest BCUT2D eigenvalue weighted by atomic mass is 10.1. The Balaban J connectivity index is 1.70. The molecule has 3 aromatic rings. The topological polar surface area (TPSA) is 78.3 Å². The van der Waals surface area contributed by atoms with Crippen LogP contribution in [0.25, 0.3) is 10.2 Å². The van der Waals surface area contributed by atoms with Crippen LogP contribution in [-0.2, 0) is 16.1 Å². The average molecular weight is 356 g/mol. The van der Waals surface area contributed by atoms with Crippen molar-refractivity contribution in [3.05, 3.63) is 63.0 Å². The third-order valence-electron chi connectivity index (χ3n) is 3.92. The van der Waals surface area contributed by atoms with Crippen molar-refractivity contribution in [3.63, 3.8) is 0 Å². The molecule has 0 bridgehead atoms. The smallest absolute Gasteiger partial charge is 0.326 e. The van der Waals surface area contributed by atoms with Crippen LogP contribution < -0.4 is 5.56 Å². The van der Waals surface area contributed by atoms with Crippen LogP contribution in [0.4, 0.5) is 0 Å². The number of hydrogen-bond donors (Lipinski definition) is 0. The molecule has 0 saturated carbocycles. The highest BCUT2D eigenvalue weighted by atomic mass is 32.1. The Morgan fingerprint density at radius 1 is 1.20 bits per heavy atom. The van der Waals surface area contributed by atoms with Crippen molar-refractivity contribution in [1.82, 2.24) is 9.55 Å². The largest absolute Gasteiger partial charge is 0.456 e. The predicted molar refractivity (Wildman–Crippen MR) is 95.1 cm³/mol. The van der Waals surface area contributed by atoms with E-state index in [1.54, 1.807) is 30.3 Å². The first kappa shape index (κ1) is 17.0. The van der Waals surface area contributed by atoms with Crippen molar-refractivity contribution in [1.29, 1.82) is 0 Å². The number of ketones is 1. The zero-order valence-corrected chi connectivity index (χ0v) is 14.6. The van der Waals surface area contributed by atoms with E-state index in [-0.39, 0.29) is 24.5 Å². The Bertz CT molecular complexity index is 1010. The second-order valence-electron chi connectivity index (χ2n) is 5.59. The molecule has 0 fully saturated rings. The van der Waals surface area contributed by atoms with Crippen LogP contribution in [0.1, 0.15) is 20.8 Å². The molecule has 3 rings (SSSR count). The minimum atomic E-state index is -0.655. The average Bonchev–Trinajstić information content (AvgIpc) is 2.91. The van der Waals surface area contributed by atoms with E-state index in [1.165, 1.54) is 22.2 Å². The molecule has 0 saturated heterocycles. The second kappa shape index (κ2) is 6.98. The summed E-state index contributed by atoms with van der Waals surface area (Å²) in [5.41, 5.74) is 1.07. The molecular formula is C18H16N2O4S. The maximum absolute atomic E-state index is 12.5. The SMILES string of the molecule is Cc1sc2ncn(CC(=O)OCC(=O)c3ccccc3)c(=O)c2c1C. The summed E-state index contributed by atoms with van der Waals surface area (Å²) in [5, 5.41) is 0.526. The minimum absolute atomic E-state index is 0.279. The van der Waals surface area contributed by atoms with E-state index in [1.807, 2.05) is 13.8 Å². The zero-order valence-electron chi connectivity index (χ0n) is 13.8. The number of benzene rings is 1. The van der Waals surface area contributed by atoms with E-state index in [0.717, 1.165) is 10.4 Å². The Labute approximate surface area is 147 Å². The molecule has 25 heavy (non-hydrogen) atoms. The van der Waals surface area contributed by atoms with Crippen molar-refractivity contribution < 1.29 is 14.3 Å². The Hall–Kier alpha value is -2.80. The second-order valence-corrected chi connectivity index (χ2v) is 6.79. The predicted octanol–water partition coefficient (Wildman–Crippen LogP) is 2.50. The molecule has 0 N–H and O–H groups in total. The first-order chi connectivity index (χ1) is 12.0. The number of fused-ring (bicyclic) bond motifs is 1. The molecule has 0 spiro atoms. The number of carbonyl (C=O) groups is 2. The van der Waals surface area contributed by atoms with Gasteiger partial charge >= 0.3 is 5.97 Å². The Morgan fingerprint density at radius 2 is 1.92 bits per heavy atom. The fourth-order valence-electron chi connectivity index (χ4n) is 2.42. The molecule has 0 aliphatic heterocycles. The van der Waals surface area contributed by atoms with Gasteiger partial charge in [-0.05, 0) is 19.4 Å². The number of Topliss-reactive ketones (excluding diaryl/α,β-unsaturated/α-hetero) is 1. The number of aromatic nitrogens is 2. The monoisotopic (exact) mass is 356 g/mol. The molecule has 128 valence electrons. The number of rotatable bonds is 5. The number of carbonyl (C=O) groups excluding carboxylic acids is 2. The van der Waals surface area contributed by atoms with Crippen LogP contribution >= 0.6 is 11.3 Å². The standard InChI is InChI=1S/C18H16N2O4S/c1-11-12(2)25-17-16(11)18(23)20(10-19-17)8-15(22)24-9-14(21)13-6-4-3-5-7-13/h3-7,10H,8-9H2,1-2H3. The molecule has 2 aromatic heterocycles. The van der Waals surface area contributed by atoms with Gasteiger partial charge in [0, 0.05) is 10.4 Å². The fourth-order valence-corrected chi connectivity index (χ4v) is 3.41. The first-order valence-corrected chi connectivity index (χ1v) is 8.48. The summed E-state index contributed by atoms with van der Waals surface area (Å²) in [4.78, 5) is 42.3. The lowest BCUT2D eigenvalue weighted by Gasteiger charge is -2.06. The van der Waals surface area contributed by atoms with E-state index in [2.05, 4.69) is 4.98 Å². The number of aryl methyl sites for hydroxylation is 2. The number of ether oxygens (including phenoxy) is 1. The molecule has 0 aliphatic carbocycles. The van der Waals surface area contributed by atoms with E-state index in [4.69, 9.17) is 4.74 Å². The lowest BCUT2D eigenvalue weighted by Crippen LogP contribution is -2.26. The summed E-state index contributed by atoms with van der Waals surface area (Å²) in [7, 11) is 0. The summed E-state index contributed by atoms with van der Waals surface area (Å²) in [6.07, 6.45) is 1.33. The number of hydrogen-bond acceptors (Lipinski definition) is 6. The van der Waals surface area contributed by atoms with Crippen LogP contribution in [0.2, 0.25) is 0 Å². The van der Waals surface area contributed by atoms with Crippen LogP contribution in [0.3, 0.4) is 0 Å². The molecule has 0 unspecified atom stereocenters. The van der Waals surface area contributed by atoms with Crippen LogP contribution in [0, 0.1) is 13.8 Å². The van der Waals surface area contributed by atoms with Gasteiger partial charge in [-0.2, -0.15) is 0 Å². The van der Waals surface area contributed by atoms with Gasteiger partial charge in [0.25, 0.3) is 5.56 Å². The van der Waals surface area contributed by atoms with Crippen molar-refractivity contribution in [3.8, 4) is 0 Å². The fraction of sp³-hybridized carbons (Fsp3) is 0.222. The van der Waals surface area contributed by atoms with Crippen molar-refractivity contribution in [2.24, 2.45) is 0 Å². The van der Waals surface area contributed by atoms with E-state index < -0.39 is 5.97 Å². The third kappa shape index (κ3) is 3.51. The van der Waals surface area contributed by atoms with Crippen LogP contribution in [0.15, 0.2) is 41.5 Å². The molecular weight excluding hydrogens is 340 g/mol. The Kier molecular flexibility index (Phi) is 4.76. The summed E-state index contributed by atoms with van der Waals surface area (Å²) in [5.74, 6) is -0.948. The van der Waals surface area contributed by atoms with Crippen LogP contribution in [-0.4, -0.2) is 27.9 Å². The normalized spacial score (nSPS) is 10.8. The van der Waals surface area contributed by atoms with Gasteiger partial charge in [0.2, 0.25) is 0 Å². The Morgan fingerprint density at radius 3 is 2.64 bits per heavy atom. The summed E-state index contributed by atoms with van der Waals surface area (Å²) >= 11 is 1.45. The van der Waals surface area contributed by atoms with Gasteiger partial charge in [-0.1, -0.05) is 30.3 Å². The van der Waals surface area contributed by atoms with Crippen LogP contribution in [0.5, 0.6) is 0 Å². The first-order valence-electron chi connectivity index (χ1n) is 7.66. The van der Waals surface area contributed by atoms with Gasteiger partial charge < -0.3 is 4.74 Å². The summed E-state index contributed by atoms with van der Waals surface area (Å²) < 4.78 is 6.20. The maximum Gasteiger partial charge on any atom is 0.326 e. The molecule has 0 radical (unpaired) electrons. The van der Waals surface area contributed by atoms with Crippen molar-refractivity contribution in [2.75, 3.05) is 6.61 Å². The van der Waals surface area contributed by atoms with Gasteiger partial charge in [0.15, 0.2) is 12.4 Å². The van der Waals surface area contributed by atoms with Crippen molar-refractivity contribution in [2.45, 2.75) is 20.4 Å². The molecule has 2 heterocycles. The molecule has 6 nitrogen and oxygen atoms in total. The van der Waals surface area contributed by atoms with E-state index in [0.29, 0.717) is 15.8 Å². The molecule has 1 aromatic carbocycles. The number of nitrogens with zero attached hydrogens (tertiary/aromatic N) is 2. The summed E-state index contributed by atoms with van der Waals surface area (Å²) in [6, 6.07) is 8.58. The minimum Gasteiger partial charge on any atom is -0.456 e. The van der Waals surface area contributed by atoms with Gasteiger partial charge in [0.05, 0.1) is 11.7 Å². The summed E-state index contributed by atoms with van der Waals surface area (Å²) in [6.45, 7) is 3.15. The quantitative estimate of drug-likeness (QED) is 0.518. The maximum atomic E-state index is 12.5. The van der Waals surface area contributed by atoms with Gasteiger partial charge in [0.1, 0.15) is 11.4 Å². The molecule has 0 aliphatic rings. The van der Waals surface area contributed by atoms with Gasteiger partial charge in [-0.3, -0.25) is 19.0 Å². The molecule has 7 heteroatoms. The molecule has 0 amide bonds. The number of thiophene rings is 1.